The first kappa shape index (κ1) is 27.8. The van der Waals surface area contributed by atoms with Gasteiger partial charge in [-0.15, -0.1) is 45.3 Å². The monoisotopic (exact) mass is 696 g/mol. The number of hydrogen-bond acceptors (Lipinski definition) is 6. The lowest BCUT2D eigenvalue weighted by Crippen LogP contribution is -2.09. The zero-order chi connectivity index (χ0) is 32.1. The van der Waals surface area contributed by atoms with E-state index in [0.717, 1.165) is 27.6 Å². The van der Waals surface area contributed by atoms with Crippen LogP contribution in [0.15, 0.2) is 146 Å². The molecule has 0 aliphatic rings. The lowest BCUT2D eigenvalue weighted by atomic mass is 10.1. The van der Waals surface area contributed by atoms with Crippen molar-refractivity contribution in [2.24, 2.45) is 0 Å². The molecule has 0 unspecified atom stereocenters. The third-order valence-electron chi connectivity index (χ3n) is 9.50. The van der Waals surface area contributed by atoms with E-state index in [1.165, 1.54) is 70.8 Å². The van der Waals surface area contributed by atoms with E-state index in [1.54, 1.807) is 11.3 Å². The van der Waals surface area contributed by atoms with Crippen molar-refractivity contribution in [3.63, 3.8) is 0 Å². The molecule has 0 N–H and O–H groups in total. The number of hydrogen-bond donors (Lipinski definition) is 0. The summed E-state index contributed by atoms with van der Waals surface area (Å²) in [6.07, 6.45) is 0. The van der Waals surface area contributed by atoms with Crippen LogP contribution in [0.4, 0.5) is 17.1 Å². The molecule has 230 valence electrons. The van der Waals surface area contributed by atoms with Crippen molar-refractivity contribution in [2.75, 3.05) is 4.90 Å². The molecule has 0 aliphatic heterocycles. The maximum atomic E-state index is 5.20. The molecule has 0 spiro atoms. The van der Waals surface area contributed by atoms with Gasteiger partial charge in [0.25, 0.3) is 0 Å². The van der Waals surface area contributed by atoms with Gasteiger partial charge in [-0.1, -0.05) is 78.9 Å². The van der Waals surface area contributed by atoms with Crippen molar-refractivity contribution >= 4 is 133 Å². The van der Waals surface area contributed by atoms with Crippen molar-refractivity contribution in [1.82, 2.24) is 4.98 Å². The standard InChI is InChI=1S/C43H24N2S4/c1-2-8-25(9-3-1)43-44-42-38(49-43)21-20-37-41(42)32-18-15-28(24-40(32)48-37)45(26-16-19-36-33(22-26)30-11-5-7-13-35(30)46-36)27-14-17-31-29-10-4-6-12-34(29)47-39(31)23-27/h1-24H. The van der Waals surface area contributed by atoms with Crippen LogP contribution in [0.1, 0.15) is 0 Å². The minimum absolute atomic E-state index is 1.07. The fourth-order valence-electron chi connectivity index (χ4n) is 7.24. The Morgan fingerprint density at radius 3 is 1.69 bits per heavy atom. The van der Waals surface area contributed by atoms with Gasteiger partial charge in [-0.05, 0) is 66.7 Å². The highest BCUT2D eigenvalue weighted by atomic mass is 32.1. The van der Waals surface area contributed by atoms with Gasteiger partial charge in [0.1, 0.15) is 5.01 Å². The van der Waals surface area contributed by atoms with Crippen molar-refractivity contribution in [1.29, 1.82) is 0 Å². The summed E-state index contributed by atoms with van der Waals surface area (Å²) in [6, 6.07) is 53.4. The molecule has 49 heavy (non-hydrogen) atoms. The van der Waals surface area contributed by atoms with Gasteiger partial charge in [-0.3, -0.25) is 0 Å². The summed E-state index contributed by atoms with van der Waals surface area (Å²) in [5.41, 5.74) is 5.74. The normalized spacial score (nSPS) is 12.1. The molecule has 2 nitrogen and oxygen atoms in total. The van der Waals surface area contributed by atoms with E-state index < -0.39 is 0 Å². The maximum absolute atomic E-state index is 5.20. The molecule has 4 aromatic heterocycles. The molecule has 0 aliphatic carbocycles. The van der Waals surface area contributed by atoms with E-state index in [0.29, 0.717) is 0 Å². The molecule has 6 heteroatoms. The Balaban J connectivity index is 1.12. The molecular formula is C43H24N2S4. The molecule has 7 aromatic carbocycles. The van der Waals surface area contributed by atoms with Crippen LogP contribution in [0.25, 0.3) is 81.3 Å². The third kappa shape index (κ3) is 4.32. The zero-order valence-electron chi connectivity index (χ0n) is 25.9. The number of aromatic nitrogens is 1. The minimum atomic E-state index is 1.07. The molecule has 0 saturated carbocycles. The highest BCUT2D eigenvalue weighted by molar-refractivity contribution is 7.27. The predicted molar refractivity (Wildman–Crippen MR) is 218 cm³/mol. The van der Waals surface area contributed by atoms with Gasteiger partial charge in [-0.25, -0.2) is 4.98 Å². The number of rotatable bonds is 4. The summed E-state index contributed by atoms with van der Waals surface area (Å²) in [5, 5.41) is 8.83. The Hall–Kier alpha value is -5.11. The Labute approximate surface area is 297 Å². The van der Waals surface area contributed by atoms with Gasteiger partial charge in [0.15, 0.2) is 0 Å². The zero-order valence-corrected chi connectivity index (χ0v) is 29.1. The van der Waals surface area contributed by atoms with Gasteiger partial charge < -0.3 is 4.90 Å². The number of thiazole rings is 1. The molecule has 0 saturated heterocycles. The molecule has 0 bridgehead atoms. The van der Waals surface area contributed by atoms with Gasteiger partial charge in [0.2, 0.25) is 0 Å². The number of anilines is 3. The average molecular weight is 697 g/mol. The molecule has 11 rings (SSSR count). The maximum Gasteiger partial charge on any atom is 0.124 e. The van der Waals surface area contributed by atoms with Gasteiger partial charge in [0.05, 0.1) is 10.2 Å². The van der Waals surface area contributed by atoms with Crippen molar-refractivity contribution in [3.05, 3.63) is 146 Å². The van der Waals surface area contributed by atoms with Crippen LogP contribution in [0.3, 0.4) is 0 Å². The quantitative estimate of drug-likeness (QED) is 0.182. The first-order chi connectivity index (χ1) is 24.2. The summed E-state index contributed by atoms with van der Waals surface area (Å²) in [5.74, 6) is 0. The Morgan fingerprint density at radius 2 is 0.898 bits per heavy atom. The fraction of sp³-hybridized carbons (Fsp3) is 0. The number of benzene rings is 7. The van der Waals surface area contributed by atoms with Crippen LogP contribution >= 0.6 is 45.3 Å². The highest BCUT2D eigenvalue weighted by Gasteiger charge is 2.19. The van der Waals surface area contributed by atoms with Crippen LogP contribution in [0.5, 0.6) is 0 Å². The molecular weight excluding hydrogens is 673 g/mol. The van der Waals surface area contributed by atoms with Crippen molar-refractivity contribution in [3.8, 4) is 10.6 Å². The average Bonchev–Trinajstić information content (AvgIpc) is 3.92. The summed E-state index contributed by atoms with van der Waals surface area (Å²) in [4.78, 5) is 7.63. The van der Waals surface area contributed by atoms with E-state index >= 15 is 0 Å². The molecule has 11 aromatic rings. The SMILES string of the molecule is c1ccc(-c2nc3c(ccc4sc5cc(N(c6ccc7c(c6)sc6ccccc67)c6ccc7sc8ccccc8c7c6)ccc5c43)s2)cc1. The Bertz CT molecular complexity index is 3070. The van der Waals surface area contributed by atoms with Gasteiger partial charge in [-0.2, -0.15) is 0 Å². The van der Waals surface area contributed by atoms with Gasteiger partial charge >= 0.3 is 0 Å². The second-order valence-electron chi connectivity index (χ2n) is 12.3. The fourth-order valence-corrected chi connectivity index (χ4v) is 11.6. The summed E-state index contributed by atoms with van der Waals surface area (Å²) in [6.45, 7) is 0. The summed E-state index contributed by atoms with van der Waals surface area (Å²) >= 11 is 7.36. The van der Waals surface area contributed by atoms with Crippen molar-refractivity contribution < 1.29 is 0 Å². The second-order valence-corrected chi connectivity index (χ2v) is 16.6. The summed E-state index contributed by atoms with van der Waals surface area (Å²) < 4.78 is 9.02. The predicted octanol–water partition coefficient (Wildman–Crippen LogP) is 14.5. The van der Waals surface area contributed by atoms with Crippen LogP contribution in [0.2, 0.25) is 0 Å². The molecule has 0 radical (unpaired) electrons. The second kappa shape index (κ2) is 10.7. The largest absolute Gasteiger partial charge is 0.310 e. The van der Waals surface area contributed by atoms with E-state index in [-0.39, 0.29) is 0 Å². The van der Waals surface area contributed by atoms with Crippen LogP contribution in [0, 0.1) is 0 Å². The smallest absolute Gasteiger partial charge is 0.124 e. The van der Waals surface area contributed by atoms with Gasteiger partial charge in [0, 0.05) is 83.1 Å². The summed E-state index contributed by atoms with van der Waals surface area (Å²) in [7, 11) is 0. The molecule has 0 amide bonds. The van der Waals surface area contributed by atoms with E-state index in [9.17, 15) is 0 Å². The van der Waals surface area contributed by atoms with Crippen LogP contribution < -0.4 is 4.90 Å². The third-order valence-corrected chi connectivity index (χ3v) is 14.0. The van der Waals surface area contributed by atoms with E-state index in [2.05, 4.69) is 150 Å². The van der Waals surface area contributed by atoms with E-state index in [4.69, 9.17) is 4.98 Å². The van der Waals surface area contributed by atoms with Crippen molar-refractivity contribution in [2.45, 2.75) is 0 Å². The van der Waals surface area contributed by atoms with E-state index in [1.807, 2.05) is 34.0 Å². The molecule has 0 atom stereocenters. The molecule has 0 fully saturated rings. The lowest BCUT2D eigenvalue weighted by molar-refractivity contribution is 1.30. The number of nitrogens with zero attached hydrogens (tertiary/aromatic N) is 2. The minimum Gasteiger partial charge on any atom is -0.310 e. The van der Waals surface area contributed by atoms with Crippen LogP contribution in [-0.2, 0) is 0 Å². The Morgan fingerprint density at radius 1 is 0.367 bits per heavy atom. The first-order valence-electron chi connectivity index (χ1n) is 16.2. The lowest BCUT2D eigenvalue weighted by Gasteiger charge is -2.26. The first-order valence-corrected chi connectivity index (χ1v) is 19.5. The topological polar surface area (TPSA) is 16.1 Å². The Kier molecular flexibility index (Phi) is 6.07. The van der Waals surface area contributed by atoms with Crippen LogP contribution in [-0.4, -0.2) is 4.98 Å². The number of fused-ring (bicyclic) bond motifs is 11. The highest BCUT2D eigenvalue weighted by Crippen LogP contribution is 2.46. The number of thiophene rings is 3. The molecule has 4 heterocycles.